The summed E-state index contributed by atoms with van der Waals surface area (Å²) in [6, 6.07) is 10.1. The van der Waals surface area contributed by atoms with Gasteiger partial charge >= 0.3 is 6.18 Å². The molecule has 4 aromatic rings. The highest BCUT2D eigenvalue weighted by molar-refractivity contribution is 8.15. The van der Waals surface area contributed by atoms with E-state index >= 15 is 0 Å². The van der Waals surface area contributed by atoms with Gasteiger partial charge in [-0.3, -0.25) is 14.4 Å². The fourth-order valence-corrected chi connectivity index (χ4v) is 4.90. The summed E-state index contributed by atoms with van der Waals surface area (Å²) in [4.78, 5) is 41.1. The van der Waals surface area contributed by atoms with Crippen LogP contribution in [0.2, 0.25) is 5.02 Å². The molecule has 0 saturated carbocycles. The smallest absolute Gasteiger partial charge is 0.335 e. The van der Waals surface area contributed by atoms with Crippen LogP contribution in [0.15, 0.2) is 60.9 Å². The minimum atomic E-state index is -4.51. The van der Waals surface area contributed by atoms with E-state index in [4.69, 9.17) is 11.6 Å². The van der Waals surface area contributed by atoms with Crippen molar-refractivity contribution in [2.75, 3.05) is 5.75 Å². The summed E-state index contributed by atoms with van der Waals surface area (Å²) >= 11 is 7.22. The summed E-state index contributed by atoms with van der Waals surface area (Å²) in [5.74, 6) is -1.15. The van der Waals surface area contributed by atoms with Gasteiger partial charge in [-0.25, -0.2) is 9.50 Å². The van der Waals surface area contributed by atoms with Crippen molar-refractivity contribution >= 4 is 45.8 Å². The molecule has 1 aliphatic heterocycles. The number of thioether (sulfide) groups is 1. The maximum Gasteiger partial charge on any atom is 0.416 e. The number of hydrogen-bond acceptors (Lipinski definition) is 6. The molecule has 0 spiro atoms. The van der Waals surface area contributed by atoms with E-state index in [9.17, 15) is 27.6 Å². The maximum absolute atomic E-state index is 13.1. The molecular formula is C24H14ClF3N4O3S. The number of carbonyl (C=O) groups excluding carboxylic acids is 3. The number of alkyl halides is 3. The van der Waals surface area contributed by atoms with Crippen LogP contribution >= 0.6 is 23.4 Å². The molecule has 2 aromatic carbocycles. The van der Waals surface area contributed by atoms with Crippen LogP contribution in [0.25, 0.3) is 28.0 Å². The van der Waals surface area contributed by atoms with Gasteiger partial charge in [0.05, 0.1) is 23.2 Å². The minimum absolute atomic E-state index is 0.00799. The Balaban J connectivity index is 1.66. The number of nitrogens with one attached hydrogen (secondary N) is 1. The van der Waals surface area contributed by atoms with Crippen molar-refractivity contribution in [3.8, 4) is 22.4 Å². The highest BCUT2D eigenvalue weighted by Crippen LogP contribution is 2.37. The fourth-order valence-electron chi connectivity index (χ4n) is 3.85. The van der Waals surface area contributed by atoms with E-state index in [2.05, 4.69) is 15.4 Å². The molecule has 182 valence electrons. The fraction of sp³-hybridized carbons (Fsp3) is 0.125. The highest BCUT2D eigenvalue weighted by Gasteiger charge is 2.36. The summed E-state index contributed by atoms with van der Waals surface area (Å²) in [7, 11) is 0. The molecule has 1 saturated heterocycles. The number of aromatic nitrogens is 3. The molecule has 1 N–H and O–H groups in total. The number of nitrogens with zero attached hydrogens (tertiary/aromatic N) is 3. The summed E-state index contributed by atoms with van der Waals surface area (Å²) in [6.07, 6.45) is -1.84. The molecule has 1 aliphatic rings. The lowest BCUT2D eigenvalue weighted by Crippen LogP contribution is -2.42. The Morgan fingerprint density at radius 3 is 2.42 bits per heavy atom. The van der Waals surface area contributed by atoms with Gasteiger partial charge in [-0.05, 0) is 18.2 Å². The van der Waals surface area contributed by atoms with E-state index in [0.717, 1.165) is 23.9 Å². The van der Waals surface area contributed by atoms with Crippen LogP contribution in [-0.2, 0) is 15.8 Å². The summed E-state index contributed by atoms with van der Waals surface area (Å²) in [5.41, 5.74) is 1.02. The first-order valence-electron chi connectivity index (χ1n) is 10.4. The zero-order chi connectivity index (χ0) is 25.6. The number of fused-ring (bicyclic) bond motifs is 1. The van der Waals surface area contributed by atoms with Crippen molar-refractivity contribution < 1.29 is 27.6 Å². The first kappa shape index (κ1) is 24.0. The Kier molecular flexibility index (Phi) is 6.05. The maximum atomic E-state index is 13.1. The zero-order valence-electron chi connectivity index (χ0n) is 18.0. The number of carbonyl (C=O) groups is 3. The predicted octanol–water partition coefficient (Wildman–Crippen LogP) is 4.68. The lowest BCUT2D eigenvalue weighted by Gasteiger charge is -2.14. The van der Waals surface area contributed by atoms with Gasteiger partial charge in [-0.1, -0.05) is 53.7 Å². The normalized spacial score (nSPS) is 16.1. The van der Waals surface area contributed by atoms with Crippen LogP contribution in [0.1, 0.15) is 15.9 Å². The number of amides is 1. The van der Waals surface area contributed by atoms with Gasteiger partial charge in [0.15, 0.2) is 17.5 Å². The second-order valence-electron chi connectivity index (χ2n) is 7.85. The molecule has 1 amide bonds. The van der Waals surface area contributed by atoms with Crippen molar-refractivity contribution in [3.05, 3.63) is 77.1 Å². The van der Waals surface area contributed by atoms with Gasteiger partial charge in [0, 0.05) is 27.9 Å². The number of rotatable bonds is 4. The van der Waals surface area contributed by atoms with Gasteiger partial charge in [0.1, 0.15) is 5.56 Å². The first-order chi connectivity index (χ1) is 17.1. The Bertz CT molecular complexity index is 1520. The van der Waals surface area contributed by atoms with E-state index in [-0.39, 0.29) is 17.0 Å². The lowest BCUT2D eigenvalue weighted by molar-refractivity contribution is -0.137. The largest absolute Gasteiger partial charge is 0.416 e. The van der Waals surface area contributed by atoms with Crippen molar-refractivity contribution in [1.82, 2.24) is 19.9 Å². The third kappa shape index (κ3) is 4.24. The van der Waals surface area contributed by atoms with Crippen LogP contribution in [0.5, 0.6) is 0 Å². The quantitative estimate of drug-likeness (QED) is 0.385. The molecule has 1 atom stereocenters. The monoisotopic (exact) mass is 530 g/mol. The summed E-state index contributed by atoms with van der Waals surface area (Å²) in [5, 5.41) is 6.61. The second-order valence-corrected chi connectivity index (χ2v) is 9.24. The van der Waals surface area contributed by atoms with E-state index in [1.54, 1.807) is 24.3 Å². The van der Waals surface area contributed by atoms with E-state index < -0.39 is 34.6 Å². The van der Waals surface area contributed by atoms with E-state index in [1.807, 2.05) is 0 Å². The molecule has 7 nitrogen and oxygen atoms in total. The van der Waals surface area contributed by atoms with Crippen molar-refractivity contribution in [3.63, 3.8) is 0 Å². The van der Waals surface area contributed by atoms with Crippen molar-refractivity contribution in [2.45, 2.75) is 12.2 Å². The first-order valence-corrected chi connectivity index (χ1v) is 11.8. The second kappa shape index (κ2) is 9.07. The molecule has 12 heteroatoms. The number of ketones is 1. The van der Waals surface area contributed by atoms with Crippen molar-refractivity contribution in [2.24, 2.45) is 0 Å². The van der Waals surface area contributed by atoms with Gasteiger partial charge < -0.3 is 5.32 Å². The Morgan fingerprint density at radius 2 is 1.78 bits per heavy atom. The standard InChI is InChI=1S/C24H14ClF3N4O3S/c25-17-4-2-1-3-14(17)15-9-29-21-16(22(34)31-19-18(33)11-36-23(19)35)10-30-32(21)20(15)12-5-7-13(8-6-12)24(26,27)28/h1-10,19H,11H2,(H,31,34)/t19-/m1/s1. The van der Waals surface area contributed by atoms with Crippen molar-refractivity contribution in [1.29, 1.82) is 0 Å². The minimum Gasteiger partial charge on any atom is -0.335 e. The molecule has 3 heterocycles. The number of Topliss-reactive ketones (excluding diaryl/α,β-unsaturated/α-hetero) is 1. The van der Waals surface area contributed by atoms with Crippen LogP contribution in [-0.4, -0.2) is 43.2 Å². The molecule has 0 unspecified atom stereocenters. The topological polar surface area (TPSA) is 93.4 Å². The van der Waals surface area contributed by atoms with Gasteiger partial charge in [0.25, 0.3) is 5.91 Å². The Hall–Kier alpha value is -3.70. The molecule has 0 bridgehead atoms. The number of benzene rings is 2. The Morgan fingerprint density at radius 1 is 1.06 bits per heavy atom. The molecule has 0 radical (unpaired) electrons. The summed E-state index contributed by atoms with van der Waals surface area (Å²) < 4.78 is 40.8. The lowest BCUT2D eigenvalue weighted by atomic mass is 9.99. The average Bonchev–Trinajstić information content (AvgIpc) is 3.42. The third-order valence-corrected chi connectivity index (χ3v) is 6.89. The molecular weight excluding hydrogens is 517 g/mol. The zero-order valence-corrected chi connectivity index (χ0v) is 19.6. The van der Waals surface area contributed by atoms with Crippen LogP contribution in [0.3, 0.4) is 0 Å². The molecule has 5 rings (SSSR count). The Labute approximate surface area is 210 Å². The number of hydrogen-bond donors (Lipinski definition) is 1. The molecule has 2 aromatic heterocycles. The van der Waals surface area contributed by atoms with Gasteiger partial charge in [-0.15, -0.1) is 0 Å². The summed E-state index contributed by atoms with van der Waals surface area (Å²) in [6.45, 7) is 0. The van der Waals surface area contributed by atoms with E-state index in [1.165, 1.54) is 29.0 Å². The van der Waals surface area contributed by atoms with Gasteiger partial charge in [-0.2, -0.15) is 18.3 Å². The van der Waals surface area contributed by atoms with Crippen LogP contribution in [0.4, 0.5) is 13.2 Å². The SMILES string of the molecule is O=C(N[C@@H]1C(=O)CSC1=O)c1cnn2c(-c3ccc(C(F)(F)F)cc3)c(-c3ccccc3Cl)cnc12. The third-order valence-electron chi connectivity index (χ3n) is 5.61. The predicted molar refractivity (Wildman–Crippen MR) is 128 cm³/mol. The molecule has 36 heavy (non-hydrogen) atoms. The highest BCUT2D eigenvalue weighted by atomic mass is 35.5. The molecule has 1 fully saturated rings. The average molecular weight is 531 g/mol. The van der Waals surface area contributed by atoms with Gasteiger partial charge in [0.2, 0.25) is 5.12 Å². The van der Waals surface area contributed by atoms with Crippen LogP contribution in [0, 0.1) is 0 Å². The van der Waals surface area contributed by atoms with Crippen LogP contribution < -0.4 is 5.32 Å². The molecule has 0 aliphatic carbocycles. The number of halogens is 4. The van der Waals surface area contributed by atoms with E-state index in [0.29, 0.717) is 27.4 Å².